The van der Waals surface area contributed by atoms with Crippen LogP contribution in [0.4, 0.5) is 0 Å². The summed E-state index contributed by atoms with van der Waals surface area (Å²) in [5.74, 6) is 0.328. The first kappa shape index (κ1) is 13.4. The molecule has 4 heteroatoms. The smallest absolute Gasteiger partial charge is 0.227 e. The molecule has 2 N–H and O–H groups in total. The van der Waals surface area contributed by atoms with Crippen LogP contribution in [0.5, 0.6) is 0 Å². The van der Waals surface area contributed by atoms with Crippen LogP contribution in [-0.2, 0) is 9.53 Å². The van der Waals surface area contributed by atoms with E-state index < -0.39 is 0 Å². The zero-order valence-corrected chi connectivity index (χ0v) is 9.62. The van der Waals surface area contributed by atoms with Gasteiger partial charge in [0.25, 0.3) is 0 Å². The third-order valence-corrected chi connectivity index (χ3v) is 2.38. The zero-order chi connectivity index (χ0) is 11.1. The number of nitrogens with two attached hydrogens (primary N) is 1. The molecule has 0 aromatic rings. The molecule has 0 aromatic carbocycles. The number of carbonyl (C=O) groups is 1. The fraction of sp³-hybridized carbons (Fsp3) is 0.900. The Morgan fingerprint density at radius 3 is 2.43 bits per heavy atom. The maximum atomic E-state index is 11.8. The lowest BCUT2D eigenvalue weighted by molar-refractivity contribution is -0.135. The van der Waals surface area contributed by atoms with Gasteiger partial charge >= 0.3 is 0 Å². The number of hydrogen-bond acceptors (Lipinski definition) is 3. The number of ether oxygens (including phenoxy) is 1. The molecular formula is C10H22N2O2. The van der Waals surface area contributed by atoms with Crippen molar-refractivity contribution in [2.75, 3.05) is 33.9 Å². The molecule has 0 bridgehead atoms. The predicted molar refractivity (Wildman–Crippen MR) is 56.9 cm³/mol. The van der Waals surface area contributed by atoms with Gasteiger partial charge in [0.15, 0.2) is 0 Å². The Labute approximate surface area is 86.4 Å². The van der Waals surface area contributed by atoms with Crippen LogP contribution >= 0.6 is 0 Å². The largest absolute Gasteiger partial charge is 0.383 e. The van der Waals surface area contributed by atoms with Gasteiger partial charge in [-0.2, -0.15) is 0 Å². The Morgan fingerprint density at radius 1 is 1.50 bits per heavy atom. The van der Waals surface area contributed by atoms with Gasteiger partial charge in [-0.1, -0.05) is 13.8 Å². The minimum atomic E-state index is -0.0724. The highest BCUT2D eigenvalue weighted by molar-refractivity contribution is 5.79. The summed E-state index contributed by atoms with van der Waals surface area (Å²) in [4.78, 5) is 13.5. The van der Waals surface area contributed by atoms with E-state index in [0.29, 0.717) is 19.7 Å². The number of likely N-dealkylation sites (N-methyl/N-ethyl adjacent to an activating group) is 1. The number of carbonyl (C=O) groups excluding carboxylic acids is 1. The van der Waals surface area contributed by atoms with Crippen molar-refractivity contribution in [3.8, 4) is 0 Å². The normalized spacial score (nSPS) is 13.0. The van der Waals surface area contributed by atoms with E-state index in [-0.39, 0.29) is 17.7 Å². The molecule has 0 saturated carbocycles. The van der Waals surface area contributed by atoms with Crippen molar-refractivity contribution < 1.29 is 9.53 Å². The highest BCUT2D eigenvalue weighted by atomic mass is 16.5. The van der Waals surface area contributed by atoms with E-state index in [1.807, 2.05) is 13.8 Å². The van der Waals surface area contributed by atoms with E-state index in [4.69, 9.17) is 10.5 Å². The quantitative estimate of drug-likeness (QED) is 0.675. The molecule has 84 valence electrons. The summed E-state index contributed by atoms with van der Waals surface area (Å²) in [6, 6.07) is 0. The van der Waals surface area contributed by atoms with Crippen molar-refractivity contribution in [3.63, 3.8) is 0 Å². The highest BCUT2D eigenvalue weighted by Crippen LogP contribution is 2.11. The van der Waals surface area contributed by atoms with Crippen LogP contribution in [0.1, 0.15) is 13.8 Å². The summed E-state index contributed by atoms with van der Waals surface area (Å²) < 4.78 is 4.91. The Hall–Kier alpha value is -0.610. The molecule has 0 aromatic heterocycles. The summed E-state index contributed by atoms with van der Waals surface area (Å²) in [6.45, 7) is 5.63. The lowest BCUT2D eigenvalue weighted by atomic mass is 9.94. The van der Waals surface area contributed by atoms with Crippen molar-refractivity contribution in [1.82, 2.24) is 4.90 Å². The molecule has 1 unspecified atom stereocenters. The molecule has 0 heterocycles. The van der Waals surface area contributed by atoms with E-state index in [1.54, 1.807) is 19.1 Å². The van der Waals surface area contributed by atoms with Crippen molar-refractivity contribution in [3.05, 3.63) is 0 Å². The minimum absolute atomic E-state index is 0.0724. The number of methoxy groups -OCH3 is 1. The minimum Gasteiger partial charge on any atom is -0.383 e. The van der Waals surface area contributed by atoms with Gasteiger partial charge in [-0.3, -0.25) is 4.79 Å². The van der Waals surface area contributed by atoms with Crippen LogP contribution in [0.15, 0.2) is 0 Å². The summed E-state index contributed by atoms with van der Waals surface area (Å²) in [5.41, 5.74) is 5.56. The van der Waals surface area contributed by atoms with Crippen LogP contribution in [0.2, 0.25) is 0 Å². The lowest BCUT2D eigenvalue weighted by Crippen LogP contribution is -2.40. The second-order valence-corrected chi connectivity index (χ2v) is 3.84. The van der Waals surface area contributed by atoms with Gasteiger partial charge in [0, 0.05) is 27.2 Å². The van der Waals surface area contributed by atoms with Gasteiger partial charge in [0.2, 0.25) is 5.91 Å². The summed E-state index contributed by atoms with van der Waals surface area (Å²) in [5, 5.41) is 0. The molecule has 0 fully saturated rings. The summed E-state index contributed by atoms with van der Waals surface area (Å²) in [7, 11) is 3.41. The fourth-order valence-electron chi connectivity index (χ4n) is 1.28. The molecule has 1 amide bonds. The Morgan fingerprint density at radius 2 is 2.07 bits per heavy atom. The lowest BCUT2D eigenvalue weighted by Gasteiger charge is -2.24. The molecule has 0 spiro atoms. The standard InChI is InChI=1S/C10H22N2O2/c1-8(2)9(7-11)10(13)12(3)5-6-14-4/h8-9H,5-7,11H2,1-4H3. The predicted octanol–water partition coefficient (Wildman–Crippen LogP) is 0.322. The molecule has 14 heavy (non-hydrogen) atoms. The van der Waals surface area contributed by atoms with E-state index in [9.17, 15) is 4.79 Å². The second kappa shape index (κ2) is 6.79. The monoisotopic (exact) mass is 202 g/mol. The molecule has 1 atom stereocenters. The first-order chi connectivity index (χ1) is 6.54. The molecule has 0 rings (SSSR count). The third kappa shape index (κ3) is 4.07. The number of amides is 1. The van der Waals surface area contributed by atoms with Crippen molar-refractivity contribution in [2.24, 2.45) is 17.6 Å². The Kier molecular flexibility index (Phi) is 6.49. The van der Waals surface area contributed by atoms with Crippen LogP contribution in [0, 0.1) is 11.8 Å². The molecule has 4 nitrogen and oxygen atoms in total. The van der Waals surface area contributed by atoms with Crippen LogP contribution in [0.25, 0.3) is 0 Å². The summed E-state index contributed by atoms with van der Waals surface area (Å²) >= 11 is 0. The molecular weight excluding hydrogens is 180 g/mol. The van der Waals surface area contributed by atoms with Crippen molar-refractivity contribution >= 4 is 5.91 Å². The first-order valence-electron chi connectivity index (χ1n) is 4.98. The topological polar surface area (TPSA) is 55.6 Å². The van der Waals surface area contributed by atoms with Crippen molar-refractivity contribution in [2.45, 2.75) is 13.8 Å². The van der Waals surface area contributed by atoms with Gasteiger partial charge in [-0.25, -0.2) is 0 Å². The Balaban J connectivity index is 4.13. The molecule has 0 radical (unpaired) electrons. The number of rotatable bonds is 6. The SMILES string of the molecule is COCCN(C)C(=O)C(CN)C(C)C. The van der Waals surface area contributed by atoms with Gasteiger partial charge in [0.05, 0.1) is 12.5 Å². The van der Waals surface area contributed by atoms with E-state index >= 15 is 0 Å². The maximum Gasteiger partial charge on any atom is 0.227 e. The van der Waals surface area contributed by atoms with Gasteiger partial charge in [-0.05, 0) is 5.92 Å². The fourth-order valence-corrected chi connectivity index (χ4v) is 1.28. The molecule has 0 saturated heterocycles. The van der Waals surface area contributed by atoms with Gasteiger partial charge in [0.1, 0.15) is 0 Å². The molecule has 0 aliphatic heterocycles. The number of hydrogen-bond donors (Lipinski definition) is 1. The van der Waals surface area contributed by atoms with Crippen LogP contribution in [0.3, 0.4) is 0 Å². The first-order valence-corrected chi connectivity index (χ1v) is 4.98. The summed E-state index contributed by atoms with van der Waals surface area (Å²) in [6.07, 6.45) is 0. The van der Waals surface area contributed by atoms with Crippen LogP contribution < -0.4 is 5.73 Å². The van der Waals surface area contributed by atoms with E-state index in [0.717, 1.165) is 0 Å². The van der Waals surface area contributed by atoms with Crippen LogP contribution in [-0.4, -0.2) is 44.7 Å². The van der Waals surface area contributed by atoms with E-state index in [1.165, 1.54) is 0 Å². The molecule has 0 aliphatic rings. The average Bonchev–Trinajstić information content (AvgIpc) is 2.14. The Bertz CT molecular complexity index is 172. The average molecular weight is 202 g/mol. The molecule has 0 aliphatic carbocycles. The van der Waals surface area contributed by atoms with E-state index in [2.05, 4.69) is 0 Å². The number of nitrogens with zero attached hydrogens (tertiary/aromatic N) is 1. The second-order valence-electron chi connectivity index (χ2n) is 3.84. The van der Waals surface area contributed by atoms with Gasteiger partial charge in [-0.15, -0.1) is 0 Å². The van der Waals surface area contributed by atoms with Gasteiger partial charge < -0.3 is 15.4 Å². The zero-order valence-electron chi connectivity index (χ0n) is 9.62. The van der Waals surface area contributed by atoms with Crippen molar-refractivity contribution in [1.29, 1.82) is 0 Å². The third-order valence-electron chi connectivity index (χ3n) is 2.38. The maximum absolute atomic E-state index is 11.8. The highest BCUT2D eigenvalue weighted by Gasteiger charge is 2.23.